The predicted molar refractivity (Wildman–Crippen MR) is 107 cm³/mol. The number of ether oxygens (including phenoxy) is 3. The van der Waals surface area contributed by atoms with Gasteiger partial charge in [0.05, 0.1) is 19.8 Å². The molecule has 144 valence electrons. The molecule has 0 aliphatic rings. The minimum Gasteiger partial charge on any atom is -0.497 e. The Labute approximate surface area is 168 Å². The van der Waals surface area contributed by atoms with Crippen molar-refractivity contribution < 1.29 is 23.4 Å². The van der Waals surface area contributed by atoms with Crippen molar-refractivity contribution in [1.29, 1.82) is 0 Å². The Morgan fingerprint density at radius 3 is 2.64 bits per heavy atom. The Morgan fingerprint density at radius 1 is 1.04 bits per heavy atom. The number of benzene rings is 2. The maximum absolute atomic E-state index is 12.5. The van der Waals surface area contributed by atoms with E-state index in [1.165, 1.54) is 13.2 Å². The van der Waals surface area contributed by atoms with E-state index in [2.05, 4.69) is 0 Å². The van der Waals surface area contributed by atoms with Crippen LogP contribution in [0.25, 0.3) is 6.08 Å². The van der Waals surface area contributed by atoms with Gasteiger partial charge in [0.25, 0.3) is 0 Å². The number of furan rings is 1. The van der Waals surface area contributed by atoms with E-state index < -0.39 is 0 Å². The molecular weight excluding hydrogens is 380 g/mol. The van der Waals surface area contributed by atoms with Crippen LogP contribution in [0.4, 0.5) is 0 Å². The molecule has 0 N–H and O–H groups in total. The Balaban J connectivity index is 1.66. The Hall–Kier alpha value is -3.18. The monoisotopic (exact) mass is 398 g/mol. The van der Waals surface area contributed by atoms with E-state index in [0.717, 1.165) is 0 Å². The molecule has 3 rings (SSSR count). The molecule has 0 radical (unpaired) electrons. The van der Waals surface area contributed by atoms with Gasteiger partial charge in [-0.3, -0.25) is 4.79 Å². The van der Waals surface area contributed by atoms with E-state index in [1.54, 1.807) is 55.7 Å². The van der Waals surface area contributed by atoms with Crippen LogP contribution in [-0.4, -0.2) is 20.0 Å². The first-order valence-electron chi connectivity index (χ1n) is 8.50. The van der Waals surface area contributed by atoms with Crippen LogP contribution in [0.3, 0.4) is 0 Å². The van der Waals surface area contributed by atoms with Crippen LogP contribution in [0.15, 0.2) is 65.1 Å². The molecule has 0 atom stereocenters. The van der Waals surface area contributed by atoms with Crippen LogP contribution in [-0.2, 0) is 6.61 Å². The maximum Gasteiger partial charge on any atom is 0.189 e. The summed E-state index contributed by atoms with van der Waals surface area (Å²) in [7, 11) is 3.06. The van der Waals surface area contributed by atoms with Gasteiger partial charge in [-0.05, 0) is 60.7 Å². The average Bonchev–Trinajstić information content (AvgIpc) is 3.18. The summed E-state index contributed by atoms with van der Waals surface area (Å²) in [6, 6.07) is 15.8. The largest absolute Gasteiger partial charge is 0.497 e. The summed E-state index contributed by atoms with van der Waals surface area (Å²) >= 11 is 5.93. The van der Waals surface area contributed by atoms with Crippen LogP contribution >= 0.6 is 11.6 Å². The lowest BCUT2D eigenvalue weighted by molar-refractivity contribution is 0.104. The van der Waals surface area contributed by atoms with Gasteiger partial charge in [0.15, 0.2) is 5.78 Å². The summed E-state index contributed by atoms with van der Waals surface area (Å²) in [5.41, 5.74) is 0.411. The third-order valence-corrected chi connectivity index (χ3v) is 4.17. The molecular formula is C22H19ClO5. The van der Waals surface area contributed by atoms with E-state index in [0.29, 0.717) is 39.4 Å². The van der Waals surface area contributed by atoms with Crippen molar-refractivity contribution in [3.63, 3.8) is 0 Å². The lowest BCUT2D eigenvalue weighted by Crippen LogP contribution is -1.99. The Morgan fingerprint density at radius 2 is 1.89 bits per heavy atom. The van der Waals surface area contributed by atoms with Gasteiger partial charge in [-0.1, -0.05) is 17.7 Å². The molecule has 1 aromatic heterocycles. The first kappa shape index (κ1) is 19.6. The molecule has 0 amide bonds. The van der Waals surface area contributed by atoms with Crippen molar-refractivity contribution in [1.82, 2.24) is 0 Å². The third-order valence-electron chi connectivity index (χ3n) is 3.93. The number of hydrogen-bond acceptors (Lipinski definition) is 5. The molecule has 5 nitrogen and oxygen atoms in total. The van der Waals surface area contributed by atoms with Gasteiger partial charge in [0, 0.05) is 5.02 Å². The molecule has 0 saturated heterocycles. The van der Waals surface area contributed by atoms with Gasteiger partial charge in [-0.2, -0.15) is 0 Å². The van der Waals surface area contributed by atoms with Crippen LogP contribution in [0.5, 0.6) is 17.2 Å². The van der Waals surface area contributed by atoms with E-state index in [-0.39, 0.29) is 12.4 Å². The van der Waals surface area contributed by atoms with Gasteiger partial charge >= 0.3 is 0 Å². The molecule has 3 aromatic rings. The second kappa shape index (κ2) is 9.15. The molecule has 28 heavy (non-hydrogen) atoms. The van der Waals surface area contributed by atoms with Crippen LogP contribution < -0.4 is 14.2 Å². The number of carbonyl (C=O) groups excluding carboxylic acids is 1. The molecule has 0 saturated carbocycles. The minimum atomic E-state index is -0.219. The lowest BCUT2D eigenvalue weighted by Gasteiger charge is -2.07. The quantitative estimate of drug-likeness (QED) is 0.374. The van der Waals surface area contributed by atoms with Crippen molar-refractivity contribution in [2.75, 3.05) is 14.2 Å². The summed E-state index contributed by atoms with van der Waals surface area (Å²) < 4.78 is 21.7. The highest BCUT2D eigenvalue weighted by molar-refractivity contribution is 6.30. The molecule has 0 aliphatic carbocycles. The fourth-order valence-electron chi connectivity index (χ4n) is 2.53. The van der Waals surface area contributed by atoms with Gasteiger partial charge < -0.3 is 18.6 Å². The van der Waals surface area contributed by atoms with Crippen molar-refractivity contribution in [2.24, 2.45) is 0 Å². The molecule has 0 unspecified atom stereocenters. The van der Waals surface area contributed by atoms with E-state index >= 15 is 0 Å². The van der Waals surface area contributed by atoms with Gasteiger partial charge in [0.1, 0.15) is 35.4 Å². The molecule has 0 aliphatic heterocycles. The molecule has 1 heterocycles. The number of ketones is 1. The first-order valence-corrected chi connectivity index (χ1v) is 8.88. The number of hydrogen-bond donors (Lipinski definition) is 0. The fourth-order valence-corrected chi connectivity index (χ4v) is 2.71. The van der Waals surface area contributed by atoms with Gasteiger partial charge in [0.2, 0.25) is 0 Å². The zero-order valence-electron chi connectivity index (χ0n) is 15.5. The van der Waals surface area contributed by atoms with Gasteiger partial charge in [-0.25, -0.2) is 0 Å². The van der Waals surface area contributed by atoms with E-state index in [4.69, 9.17) is 30.2 Å². The SMILES string of the molecule is COc1ccc(OC)c(C(=O)/C=C/c2ccc(COc3cccc(Cl)c3)o2)c1. The molecule has 2 aromatic carbocycles. The standard InChI is InChI=1S/C22H19ClO5/c1-25-17-9-11-22(26-2)20(13-17)21(24)10-8-16-6-7-19(28-16)14-27-18-5-3-4-15(23)12-18/h3-13H,14H2,1-2H3/b10-8+. The normalized spacial score (nSPS) is 10.8. The van der Waals surface area contributed by atoms with Crippen molar-refractivity contribution in [3.05, 3.63) is 82.8 Å². The minimum absolute atomic E-state index is 0.219. The van der Waals surface area contributed by atoms with Crippen LogP contribution in [0, 0.1) is 0 Å². The second-order valence-corrected chi connectivity index (χ2v) is 6.25. The van der Waals surface area contributed by atoms with E-state index in [9.17, 15) is 4.79 Å². The molecule has 6 heteroatoms. The molecule has 0 fully saturated rings. The van der Waals surface area contributed by atoms with Crippen LogP contribution in [0.2, 0.25) is 5.02 Å². The highest BCUT2D eigenvalue weighted by Crippen LogP contribution is 2.25. The van der Waals surface area contributed by atoms with Crippen molar-refractivity contribution in [3.8, 4) is 17.2 Å². The average molecular weight is 399 g/mol. The van der Waals surface area contributed by atoms with Gasteiger partial charge in [-0.15, -0.1) is 0 Å². The summed E-state index contributed by atoms with van der Waals surface area (Å²) in [4.78, 5) is 12.5. The van der Waals surface area contributed by atoms with Crippen molar-refractivity contribution in [2.45, 2.75) is 6.61 Å². The van der Waals surface area contributed by atoms with Crippen molar-refractivity contribution >= 4 is 23.5 Å². The highest BCUT2D eigenvalue weighted by Gasteiger charge is 2.11. The van der Waals surface area contributed by atoms with Crippen LogP contribution in [0.1, 0.15) is 21.9 Å². The second-order valence-electron chi connectivity index (χ2n) is 5.81. The third kappa shape index (κ3) is 4.96. The molecule has 0 bridgehead atoms. The number of carbonyl (C=O) groups is 1. The smallest absolute Gasteiger partial charge is 0.189 e. The highest BCUT2D eigenvalue weighted by atomic mass is 35.5. The zero-order chi connectivity index (χ0) is 19.9. The molecule has 0 spiro atoms. The summed E-state index contributed by atoms with van der Waals surface area (Å²) in [6.07, 6.45) is 3.03. The summed E-state index contributed by atoms with van der Waals surface area (Å²) in [6.45, 7) is 0.256. The zero-order valence-corrected chi connectivity index (χ0v) is 16.2. The number of halogens is 1. The first-order chi connectivity index (χ1) is 13.6. The number of allylic oxidation sites excluding steroid dienone is 1. The lowest BCUT2D eigenvalue weighted by atomic mass is 10.1. The Bertz CT molecular complexity index is 990. The summed E-state index contributed by atoms with van der Waals surface area (Å²) in [5, 5.41) is 0.604. The number of rotatable bonds is 8. The fraction of sp³-hybridized carbons (Fsp3) is 0.136. The summed E-state index contributed by atoms with van der Waals surface area (Å²) in [5.74, 6) is 2.66. The predicted octanol–water partition coefficient (Wildman–Crippen LogP) is 5.43. The Kier molecular flexibility index (Phi) is 6.40. The van der Waals surface area contributed by atoms with E-state index in [1.807, 2.05) is 12.1 Å². The number of methoxy groups -OCH3 is 2. The topological polar surface area (TPSA) is 57.9 Å². The maximum atomic E-state index is 12.5.